The van der Waals surface area contributed by atoms with E-state index in [4.69, 9.17) is 14.2 Å². The summed E-state index contributed by atoms with van der Waals surface area (Å²) in [6.07, 6.45) is 0.697. The second-order valence-electron chi connectivity index (χ2n) is 4.95. The number of rotatable bonds is 8. The van der Waals surface area contributed by atoms with Gasteiger partial charge < -0.3 is 24.6 Å². The first-order valence-electron chi connectivity index (χ1n) is 6.70. The average molecular weight is 283 g/mol. The van der Waals surface area contributed by atoms with Crippen LogP contribution in [0, 0.1) is 0 Å². The van der Waals surface area contributed by atoms with Gasteiger partial charge in [-0.3, -0.25) is 0 Å². The van der Waals surface area contributed by atoms with E-state index in [9.17, 15) is 5.11 Å². The largest absolute Gasteiger partial charge is 0.493 e. The summed E-state index contributed by atoms with van der Waals surface area (Å²) in [6.45, 7) is 4.87. The third-order valence-electron chi connectivity index (χ3n) is 3.37. The Balaban J connectivity index is 2.85. The van der Waals surface area contributed by atoms with E-state index in [1.165, 1.54) is 0 Å². The van der Waals surface area contributed by atoms with Crippen molar-refractivity contribution in [2.24, 2.45) is 0 Å². The molecule has 1 atom stereocenters. The smallest absolute Gasteiger partial charge is 0.203 e. The Morgan fingerprint density at radius 1 is 1.10 bits per heavy atom. The van der Waals surface area contributed by atoms with Crippen molar-refractivity contribution in [2.45, 2.75) is 32.4 Å². The molecule has 0 aliphatic heterocycles. The predicted octanol–water partition coefficient (Wildman–Crippen LogP) is 1.96. The molecule has 0 fully saturated rings. The van der Waals surface area contributed by atoms with Crippen molar-refractivity contribution in [3.8, 4) is 17.2 Å². The SMILES string of the molecule is CCC(C)(O)CNCc1ccc(OC)c(OC)c1OC. The van der Waals surface area contributed by atoms with E-state index in [0.29, 0.717) is 36.8 Å². The van der Waals surface area contributed by atoms with E-state index in [-0.39, 0.29) is 0 Å². The molecule has 1 aromatic carbocycles. The summed E-state index contributed by atoms with van der Waals surface area (Å²) >= 11 is 0. The van der Waals surface area contributed by atoms with Crippen molar-refractivity contribution in [2.75, 3.05) is 27.9 Å². The molecule has 1 aromatic rings. The first-order chi connectivity index (χ1) is 9.49. The highest BCUT2D eigenvalue weighted by molar-refractivity contribution is 5.55. The van der Waals surface area contributed by atoms with E-state index in [2.05, 4.69) is 5.32 Å². The van der Waals surface area contributed by atoms with Gasteiger partial charge in [0.1, 0.15) is 0 Å². The van der Waals surface area contributed by atoms with Gasteiger partial charge in [-0.15, -0.1) is 0 Å². The molecule has 5 nitrogen and oxygen atoms in total. The molecule has 0 aromatic heterocycles. The molecule has 114 valence electrons. The summed E-state index contributed by atoms with van der Waals surface area (Å²) in [5.74, 6) is 1.86. The lowest BCUT2D eigenvalue weighted by molar-refractivity contribution is 0.0555. The van der Waals surface area contributed by atoms with Crippen LogP contribution in [0.25, 0.3) is 0 Å². The highest BCUT2D eigenvalue weighted by atomic mass is 16.5. The lowest BCUT2D eigenvalue weighted by Crippen LogP contribution is -2.36. The number of hydrogen-bond acceptors (Lipinski definition) is 5. The Labute approximate surface area is 120 Å². The molecule has 5 heteroatoms. The zero-order chi connectivity index (χ0) is 15.2. The van der Waals surface area contributed by atoms with E-state index >= 15 is 0 Å². The van der Waals surface area contributed by atoms with Crippen molar-refractivity contribution >= 4 is 0 Å². The summed E-state index contributed by atoms with van der Waals surface area (Å²) in [4.78, 5) is 0. The summed E-state index contributed by atoms with van der Waals surface area (Å²) in [5, 5.41) is 13.2. The monoisotopic (exact) mass is 283 g/mol. The maximum Gasteiger partial charge on any atom is 0.203 e. The number of methoxy groups -OCH3 is 3. The minimum atomic E-state index is -0.705. The molecule has 0 saturated heterocycles. The topological polar surface area (TPSA) is 60.0 Å². The van der Waals surface area contributed by atoms with Crippen molar-refractivity contribution < 1.29 is 19.3 Å². The van der Waals surface area contributed by atoms with Gasteiger partial charge in [0.25, 0.3) is 0 Å². The molecule has 0 amide bonds. The van der Waals surface area contributed by atoms with Crippen LogP contribution in [0.2, 0.25) is 0 Å². The molecule has 0 aliphatic carbocycles. The van der Waals surface area contributed by atoms with Gasteiger partial charge in [0.05, 0.1) is 26.9 Å². The first kappa shape index (κ1) is 16.6. The van der Waals surface area contributed by atoms with Gasteiger partial charge in [-0.1, -0.05) is 13.0 Å². The number of ether oxygens (including phenoxy) is 3. The summed E-state index contributed by atoms with van der Waals surface area (Å²) in [6, 6.07) is 3.77. The van der Waals surface area contributed by atoms with Crippen LogP contribution in [-0.2, 0) is 6.54 Å². The Morgan fingerprint density at radius 3 is 2.25 bits per heavy atom. The maximum atomic E-state index is 9.97. The third kappa shape index (κ3) is 4.02. The molecule has 0 aliphatic rings. The molecule has 0 saturated carbocycles. The van der Waals surface area contributed by atoms with Crippen molar-refractivity contribution in [1.82, 2.24) is 5.32 Å². The molecule has 2 N–H and O–H groups in total. The number of nitrogens with one attached hydrogen (secondary N) is 1. The number of benzene rings is 1. The molecule has 1 rings (SSSR count). The Kier molecular flexibility index (Phi) is 6.10. The molecule has 0 radical (unpaired) electrons. The zero-order valence-electron chi connectivity index (χ0n) is 12.9. The van der Waals surface area contributed by atoms with Gasteiger partial charge in [-0.05, 0) is 19.4 Å². The van der Waals surface area contributed by atoms with Crippen LogP contribution in [0.4, 0.5) is 0 Å². The summed E-state index contributed by atoms with van der Waals surface area (Å²) in [5.41, 5.74) is 0.251. The second-order valence-corrected chi connectivity index (χ2v) is 4.95. The molecule has 0 heterocycles. The van der Waals surface area contributed by atoms with Crippen LogP contribution in [0.15, 0.2) is 12.1 Å². The molecular formula is C15H25NO4. The lowest BCUT2D eigenvalue weighted by atomic mass is 10.0. The van der Waals surface area contributed by atoms with Crippen LogP contribution >= 0.6 is 0 Å². The Bertz CT molecular complexity index is 432. The van der Waals surface area contributed by atoms with Crippen molar-refractivity contribution in [1.29, 1.82) is 0 Å². The van der Waals surface area contributed by atoms with Crippen LogP contribution in [0.1, 0.15) is 25.8 Å². The fraction of sp³-hybridized carbons (Fsp3) is 0.600. The molecular weight excluding hydrogens is 258 g/mol. The van der Waals surface area contributed by atoms with E-state index in [0.717, 1.165) is 5.56 Å². The second kappa shape index (κ2) is 7.36. The molecule has 20 heavy (non-hydrogen) atoms. The average Bonchev–Trinajstić information content (AvgIpc) is 2.46. The van der Waals surface area contributed by atoms with Gasteiger partial charge in [0.15, 0.2) is 11.5 Å². The van der Waals surface area contributed by atoms with Gasteiger partial charge in [0, 0.05) is 18.7 Å². The maximum absolute atomic E-state index is 9.97. The Hall–Kier alpha value is -1.46. The van der Waals surface area contributed by atoms with Gasteiger partial charge >= 0.3 is 0 Å². The van der Waals surface area contributed by atoms with Gasteiger partial charge in [-0.2, -0.15) is 0 Å². The van der Waals surface area contributed by atoms with E-state index < -0.39 is 5.60 Å². The first-order valence-corrected chi connectivity index (χ1v) is 6.70. The van der Waals surface area contributed by atoms with E-state index in [1.54, 1.807) is 21.3 Å². The third-order valence-corrected chi connectivity index (χ3v) is 3.37. The molecule has 0 spiro atoms. The lowest BCUT2D eigenvalue weighted by Gasteiger charge is -2.22. The van der Waals surface area contributed by atoms with Crippen LogP contribution in [0.3, 0.4) is 0 Å². The minimum Gasteiger partial charge on any atom is -0.493 e. The zero-order valence-corrected chi connectivity index (χ0v) is 12.9. The quantitative estimate of drug-likeness (QED) is 0.764. The minimum absolute atomic E-state index is 0.515. The fourth-order valence-corrected chi connectivity index (χ4v) is 1.89. The summed E-state index contributed by atoms with van der Waals surface area (Å²) < 4.78 is 16.0. The van der Waals surface area contributed by atoms with E-state index in [1.807, 2.05) is 26.0 Å². The number of aliphatic hydroxyl groups is 1. The fourth-order valence-electron chi connectivity index (χ4n) is 1.89. The van der Waals surface area contributed by atoms with Crippen LogP contribution < -0.4 is 19.5 Å². The molecule has 0 bridgehead atoms. The van der Waals surface area contributed by atoms with Crippen molar-refractivity contribution in [3.05, 3.63) is 17.7 Å². The van der Waals surface area contributed by atoms with Crippen molar-refractivity contribution in [3.63, 3.8) is 0 Å². The highest BCUT2D eigenvalue weighted by Crippen LogP contribution is 2.39. The highest BCUT2D eigenvalue weighted by Gasteiger charge is 2.18. The predicted molar refractivity (Wildman–Crippen MR) is 78.7 cm³/mol. The number of hydrogen-bond donors (Lipinski definition) is 2. The Morgan fingerprint density at radius 2 is 1.75 bits per heavy atom. The summed E-state index contributed by atoms with van der Waals surface area (Å²) in [7, 11) is 4.77. The van der Waals surface area contributed by atoms with Gasteiger partial charge in [-0.25, -0.2) is 0 Å². The standard InChI is InChI=1S/C15H25NO4/c1-6-15(2,17)10-16-9-11-7-8-12(18-3)14(20-5)13(11)19-4/h7-8,16-17H,6,9-10H2,1-5H3. The van der Waals surface area contributed by atoms with Crippen LogP contribution in [0.5, 0.6) is 17.2 Å². The molecule has 1 unspecified atom stereocenters. The van der Waals surface area contributed by atoms with Crippen LogP contribution in [-0.4, -0.2) is 38.6 Å². The normalized spacial score (nSPS) is 13.7. The van der Waals surface area contributed by atoms with Gasteiger partial charge in [0.2, 0.25) is 5.75 Å².